The molecule has 2 aliphatic heterocycles. The Balaban J connectivity index is 1.51. The number of aromatic amines is 1. The number of amides is 2. The summed E-state index contributed by atoms with van der Waals surface area (Å²) in [5, 5.41) is 0. The van der Waals surface area contributed by atoms with Gasteiger partial charge < -0.3 is 14.8 Å². The van der Waals surface area contributed by atoms with E-state index in [4.69, 9.17) is 0 Å². The summed E-state index contributed by atoms with van der Waals surface area (Å²) in [6.45, 7) is 2.01. The molecule has 2 aliphatic rings. The van der Waals surface area contributed by atoms with Crippen LogP contribution in [0.5, 0.6) is 0 Å². The third-order valence-electron chi connectivity index (χ3n) is 5.59. The van der Waals surface area contributed by atoms with Crippen molar-refractivity contribution in [1.29, 1.82) is 0 Å². The predicted molar refractivity (Wildman–Crippen MR) is 96.1 cm³/mol. The lowest BCUT2D eigenvalue weighted by Gasteiger charge is -2.37. The fraction of sp³-hybridized carbons (Fsp3) is 0.400. The molecule has 1 spiro atoms. The SMILES string of the molecule is CN1CCCC2(CCN(C(=O)c3ccc(-c4ccccc4)[nH]3)C2)C1=O. The Bertz CT molecular complexity index is 798. The monoisotopic (exact) mass is 337 g/mol. The van der Waals surface area contributed by atoms with Crippen LogP contribution in [0.3, 0.4) is 0 Å². The lowest BCUT2D eigenvalue weighted by molar-refractivity contribution is -0.143. The Hall–Kier alpha value is -2.56. The zero-order chi connectivity index (χ0) is 17.4. The number of hydrogen-bond donors (Lipinski definition) is 1. The van der Waals surface area contributed by atoms with Crippen molar-refractivity contribution in [1.82, 2.24) is 14.8 Å². The van der Waals surface area contributed by atoms with Crippen molar-refractivity contribution in [3.8, 4) is 11.3 Å². The Morgan fingerprint density at radius 3 is 2.68 bits per heavy atom. The second-order valence-corrected chi connectivity index (χ2v) is 7.24. The van der Waals surface area contributed by atoms with E-state index in [2.05, 4.69) is 4.98 Å². The first kappa shape index (κ1) is 15.9. The minimum Gasteiger partial charge on any atom is -0.351 e. The maximum atomic E-state index is 12.9. The van der Waals surface area contributed by atoms with Crippen molar-refractivity contribution in [2.24, 2.45) is 5.41 Å². The van der Waals surface area contributed by atoms with E-state index in [0.29, 0.717) is 18.8 Å². The maximum Gasteiger partial charge on any atom is 0.270 e. The molecule has 2 amide bonds. The summed E-state index contributed by atoms with van der Waals surface area (Å²) in [5.41, 5.74) is 2.22. The number of rotatable bonds is 2. The van der Waals surface area contributed by atoms with Gasteiger partial charge in [-0.15, -0.1) is 0 Å². The van der Waals surface area contributed by atoms with E-state index in [-0.39, 0.29) is 17.2 Å². The first-order valence-corrected chi connectivity index (χ1v) is 8.88. The molecule has 1 N–H and O–H groups in total. The number of nitrogens with zero attached hydrogens (tertiary/aromatic N) is 2. The van der Waals surface area contributed by atoms with Crippen LogP contribution in [-0.4, -0.2) is 53.3 Å². The van der Waals surface area contributed by atoms with Gasteiger partial charge in [-0.3, -0.25) is 9.59 Å². The summed E-state index contributed by atoms with van der Waals surface area (Å²) >= 11 is 0. The topological polar surface area (TPSA) is 56.4 Å². The summed E-state index contributed by atoms with van der Waals surface area (Å²) in [5.74, 6) is 0.186. The maximum absolute atomic E-state index is 12.9. The molecule has 0 radical (unpaired) electrons. The van der Waals surface area contributed by atoms with Gasteiger partial charge in [0, 0.05) is 32.4 Å². The second-order valence-electron chi connectivity index (χ2n) is 7.24. The van der Waals surface area contributed by atoms with E-state index < -0.39 is 0 Å². The molecule has 3 heterocycles. The minimum absolute atomic E-state index is 0.0138. The van der Waals surface area contributed by atoms with Gasteiger partial charge in [-0.25, -0.2) is 0 Å². The average molecular weight is 337 g/mol. The van der Waals surface area contributed by atoms with E-state index in [9.17, 15) is 9.59 Å². The molecule has 0 saturated carbocycles. The average Bonchev–Trinajstić information content (AvgIpc) is 3.28. The molecular formula is C20H23N3O2. The fourth-order valence-corrected chi connectivity index (χ4v) is 4.17. The van der Waals surface area contributed by atoms with Gasteiger partial charge in [0.25, 0.3) is 5.91 Å². The van der Waals surface area contributed by atoms with Crippen LogP contribution >= 0.6 is 0 Å². The Morgan fingerprint density at radius 2 is 1.88 bits per heavy atom. The summed E-state index contributed by atoms with van der Waals surface area (Å²) in [6, 6.07) is 13.7. The van der Waals surface area contributed by atoms with Gasteiger partial charge >= 0.3 is 0 Å². The largest absolute Gasteiger partial charge is 0.351 e. The third kappa shape index (κ3) is 2.73. The normalized spacial score (nSPS) is 23.5. The molecule has 5 heteroatoms. The van der Waals surface area contributed by atoms with Crippen molar-refractivity contribution < 1.29 is 9.59 Å². The Labute approximate surface area is 147 Å². The van der Waals surface area contributed by atoms with E-state index in [0.717, 1.165) is 37.1 Å². The molecule has 2 fully saturated rings. The van der Waals surface area contributed by atoms with Crippen LogP contribution in [0.15, 0.2) is 42.5 Å². The smallest absolute Gasteiger partial charge is 0.270 e. The first-order chi connectivity index (χ1) is 12.1. The van der Waals surface area contributed by atoms with Crippen LogP contribution in [0.1, 0.15) is 29.8 Å². The molecule has 130 valence electrons. The van der Waals surface area contributed by atoms with Crippen LogP contribution in [0.25, 0.3) is 11.3 Å². The number of nitrogens with one attached hydrogen (secondary N) is 1. The molecule has 5 nitrogen and oxygen atoms in total. The van der Waals surface area contributed by atoms with Crippen LogP contribution in [0.4, 0.5) is 0 Å². The van der Waals surface area contributed by atoms with Gasteiger partial charge in [0.1, 0.15) is 5.69 Å². The van der Waals surface area contributed by atoms with Crippen LogP contribution in [0.2, 0.25) is 0 Å². The lowest BCUT2D eigenvalue weighted by Crippen LogP contribution is -2.48. The van der Waals surface area contributed by atoms with Gasteiger partial charge in [0.15, 0.2) is 0 Å². The van der Waals surface area contributed by atoms with Crippen LogP contribution < -0.4 is 0 Å². The number of carbonyl (C=O) groups excluding carboxylic acids is 2. The first-order valence-electron chi connectivity index (χ1n) is 8.88. The predicted octanol–water partition coefficient (Wildman–Crippen LogP) is 2.77. The standard InChI is InChI=1S/C20H23N3O2/c1-22-12-5-10-20(19(22)25)11-13-23(14-20)18(24)17-9-8-16(21-17)15-6-3-2-4-7-15/h2-4,6-9,21H,5,10-14H2,1H3. The molecule has 1 atom stereocenters. The summed E-state index contributed by atoms with van der Waals surface area (Å²) in [6.07, 6.45) is 2.68. The third-order valence-corrected chi connectivity index (χ3v) is 5.59. The molecule has 2 saturated heterocycles. The number of H-pyrrole nitrogens is 1. The molecule has 1 aromatic carbocycles. The van der Waals surface area contributed by atoms with Gasteiger partial charge in [0.05, 0.1) is 5.41 Å². The van der Waals surface area contributed by atoms with Crippen LogP contribution in [-0.2, 0) is 4.79 Å². The van der Waals surface area contributed by atoms with Gasteiger partial charge in [-0.05, 0) is 37.0 Å². The number of likely N-dealkylation sites (tertiary alicyclic amines) is 2. The summed E-state index contributed by atoms with van der Waals surface area (Å²) < 4.78 is 0. The van der Waals surface area contributed by atoms with Gasteiger partial charge in [-0.2, -0.15) is 0 Å². The zero-order valence-electron chi connectivity index (χ0n) is 14.5. The Kier molecular flexibility index (Phi) is 3.86. The molecule has 4 rings (SSSR count). The number of aromatic nitrogens is 1. The summed E-state index contributed by atoms with van der Waals surface area (Å²) in [4.78, 5) is 32.4. The van der Waals surface area contributed by atoms with Crippen molar-refractivity contribution in [2.45, 2.75) is 19.3 Å². The van der Waals surface area contributed by atoms with Gasteiger partial charge in [-0.1, -0.05) is 30.3 Å². The van der Waals surface area contributed by atoms with Crippen molar-refractivity contribution in [3.05, 3.63) is 48.2 Å². The fourth-order valence-electron chi connectivity index (χ4n) is 4.17. The van der Waals surface area contributed by atoms with E-state index in [1.54, 1.807) is 0 Å². The van der Waals surface area contributed by atoms with E-state index >= 15 is 0 Å². The summed E-state index contributed by atoms with van der Waals surface area (Å²) in [7, 11) is 1.87. The molecule has 2 aromatic rings. The molecule has 0 aliphatic carbocycles. The molecule has 1 aromatic heterocycles. The van der Waals surface area contributed by atoms with Gasteiger partial charge in [0.2, 0.25) is 5.91 Å². The zero-order valence-corrected chi connectivity index (χ0v) is 14.5. The highest BCUT2D eigenvalue weighted by molar-refractivity contribution is 5.95. The van der Waals surface area contributed by atoms with Crippen molar-refractivity contribution in [3.63, 3.8) is 0 Å². The number of piperidine rings is 1. The highest BCUT2D eigenvalue weighted by Crippen LogP contribution is 2.40. The number of hydrogen-bond acceptors (Lipinski definition) is 2. The molecular weight excluding hydrogens is 314 g/mol. The Morgan fingerprint density at radius 1 is 1.08 bits per heavy atom. The van der Waals surface area contributed by atoms with Crippen molar-refractivity contribution in [2.75, 3.05) is 26.7 Å². The van der Waals surface area contributed by atoms with Crippen molar-refractivity contribution >= 4 is 11.8 Å². The highest BCUT2D eigenvalue weighted by Gasteiger charge is 2.48. The highest BCUT2D eigenvalue weighted by atomic mass is 16.2. The molecule has 25 heavy (non-hydrogen) atoms. The molecule has 1 unspecified atom stereocenters. The van der Waals surface area contributed by atoms with E-state index in [1.165, 1.54) is 0 Å². The number of benzene rings is 1. The minimum atomic E-state index is -0.364. The molecule has 0 bridgehead atoms. The number of carbonyl (C=O) groups is 2. The lowest BCUT2D eigenvalue weighted by atomic mass is 9.78. The quantitative estimate of drug-likeness (QED) is 0.916. The second kappa shape index (κ2) is 6.06. The van der Waals surface area contributed by atoms with Crippen LogP contribution in [0, 0.1) is 5.41 Å². The van der Waals surface area contributed by atoms with E-state index in [1.807, 2.05) is 59.3 Å².